The SMILES string of the molecule is CCC(C(=O)O)n1/c(=N/C(=O)c2cccc(Cl)c2)sc2cc(C(F)(F)F)ccc21. The van der Waals surface area contributed by atoms with Crippen LogP contribution in [0.5, 0.6) is 0 Å². The topological polar surface area (TPSA) is 71.7 Å². The summed E-state index contributed by atoms with van der Waals surface area (Å²) in [4.78, 5) is 28.2. The molecule has 0 aliphatic carbocycles. The summed E-state index contributed by atoms with van der Waals surface area (Å²) in [6, 6.07) is 7.94. The number of fused-ring (bicyclic) bond motifs is 1. The Morgan fingerprint density at radius 3 is 2.55 bits per heavy atom. The average Bonchev–Trinajstić information content (AvgIpc) is 2.98. The molecular weight excluding hydrogens is 429 g/mol. The molecule has 152 valence electrons. The largest absolute Gasteiger partial charge is 0.480 e. The van der Waals surface area contributed by atoms with Gasteiger partial charge in [0.05, 0.1) is 15.8 Å². The number of alkyl halides is 3. The Morgan fingerprint density at radius 1 is 1.24 bits per heavy atom. The van der Waals surface area contributed by atoms with Crippen LogP contribution in [-0.4, -0.2) is 21.6 Å². The molecule has 3 aromatic rings. The number of halogens is 4. The number of hydrogen-bond acceptors (Lipinski definition) is 3. The lowest BCUT2D eigenvalue weighted by atomic mass is 10.2. The third-order valence-corrected chi connectivity index (χ3v) is 5.46. The molecular formula is C19H14ClF3N2O3S. The maximum absolute atomic E-state index is 13.1. The molecule has 1 unspecified atom stereocenters. The van der Waals surface area contributed by atoms with E-state index in [9.17, 15) is 27.9 Å². The molecule has 10 heteroatoms. The minimum atomic E-state index is -4.55. The number of aliphatic carboxylic acids is 1. The zero-order chi connectivity index (χ0) is 21.3. The van der Waals surface area contributed by atoms with E-state index in [2.05, 4.69) is 4.99 Å². The van der Waals surface area contributed by atoms with Crippen LogP contribution in [0.1, 0.15) is 35.3 Å². The highest BCUT2D eigenvalue weighted by molar-refractivity contribution is 7.16. The Labute approximate surface area is 171 Å². The summed E-state index contributed by atoms with van der Waals surface area (Å²) < 4.78 is 40.6. The summed E-state index contributed by atoms with van der Waals surface area (Å²) in [6.45, 7) is 1.63. The van der Waals surface area contributed by atoms with Gasteiger partial charge < -0.3 is 9.67 Å². The van der Waals surface area contributed by atoms with Gasteiger partial charge in [0.1, 0.15) is 6.04 Å². The van der Waals surface area contributed by atoms with Crippen molar-refractivity contribution in [3.63, 3.8) is 0 Å². The van der Waals surface area contributed by atoms with Crippen molar-refractivity contribution in [2.24, 2.45) is 4.99 Å². The van der Waals surface area contributed by atoms with E-state index < -0.39 is 29.7 Å². The van der Waals surface area contributed by atoms with Gasteiger partial charge in [0, 0.05) is 10.6 Å². The second kappa shape index (κ2) is 8.00. The summed E-state index contributed by atoms with van der Waals surface area (Å²) in [5.74, 6) is -1.85. The number of hydrogen-bond donors (Lipinski definition) is 1. The zero-order valence-corrected chi connectivity index (χ0v) is 16.5. The predicted molar refractivity (Wildman–Crippen MR) is 103 cm³/mol. The predicted octanol–water partition coefficient (Wildman–Crippen LogP) is 5.15. The Kier molecular flexibility index (Phi) is 5.81. The first kappa shape index (κ1) is 21.1. The average molecular weight is 443 g/mol. The molecule has 29 heavy (non-hydrogen) atoms. The van der Waals surface area contributed by atoms with Crippen LogP contribution in [0.2, 0.25) is 5.02 Å². The fraction of sp³-hybridized carbons (Fsp3) is 0.211. The zero-order valence-electron chi connectivity index (χ0n) is 14.9. The van der Waals surface area contributed by atoms with Gasteiger partial charge in [-0.2, -0.15) is 18.2 Å². The molecule has 1 heterocycles. The van der Waals surface area contributed by atoms with Gasteiger partial charge in [-0.25, -0.2) is 4.79 Å². The van der Waals surface area contributed by atoms with Gasteiger partial charge in [-0.3, -0.25) is 4.79 Å². The smallest absolute Gasteiger partial charge is 0.416 e. The molecule has 1 N–H and O–H groups in total. The number of carboxylic acids is 1. The highest BCUT2D eigenvalue weighted by atomic mass is 35.5. The third-order valence-electron chi connectivity index (χ3n) is 4.21. The summed E-state index contributed by atoms with van der Waals surface area (Å²) >= 11 is 6.70. The number of amides is 1. The minimum Gasteiger partial charge on any atom is -0.480 e. The van der Waals surface area contributed by atoms with Crippen molar-refractivity contribution >= 4 is 45.0 Å². The first-order valence-electron chi connectivity index (χ1n) is 8.41. The second-order valence-corrected chi connectivity index (χ2v) is 7.57. The van der Waals surface area contributed by atoms with Crippen molar-refractivity contribution in [2.45, 2.75) is 25.6 Å². The van der Waals surface area contributed by atoms with Gasteiger partial charge in [-0.1, -0.05) is 35.9 Å². The van der Waals surface area contributed by atoms with Gasteiger partial charge >= 0.3 is 12.1 Å². The molecule has 2 aromatic carbocycles. The highest BCUT2D eigenvalue weighted by Gasteiger charge is 2.31. The molecule has 0 spiro atoms. The molecule has 0 fully saturated rings. The van der Waals surface area contributed by atoms with E-state index in [1.165, 1.54) is 22.8 Å². The lowest BCUT2D eigenvalue weighted by Gasteiger charge is -2.14. The summed E-state index contributed by atoms with van der Waals surface area (Å²) in [6.07, 6.45) is -4.39. The number of thiazole rings is 1. The molecule has 0 radical (unpaired) electrons. The second-order valence-electron chi connectivity index (χ2n) is 6.12. The third kappa shape index (κ3) is 4.35. The van der Waals surface area contributed by atoms with Crippen LogP contribution in [0.25, 0.3) is 10.2 Å². The fourth-order valence-corrected chi connectivity index (χ4v) is 4.14. The van der Waals surface area contributed by atoms with Crippen molar-refractivity contribution in [1.29, 1.82) is 0 Å². The van der Waals surface area contributed by atoms with Gasteiger partial charge in [0.2, 0.25) is 0 Å². The lowest BCUT2D eigenvalue weighted by molar-refractivity contribution is -0.141. The standard InChI is InChI=1S/C19H14ClF3N2O3S/c1-2-13(17(27)28)25-14-7-6-11(19(21,22)23)9-15(14)29-18(25)24-16(26)10-4-3-5-12(20)8-10/h3-9,13H,2H2,1H3,(H,27,28)/b24-18-. The minimum absolute atomic E-state index is 0.00134. The van der Waals surface area contributed by atoms with Crippen molar-refractivity contribution in [1.82, 2.24) is 4.57 Å². The monoisotopic (exact) mass is 442 g/mol. The van der Waals surface area contributed by atoms with E-state index in [1.54, 1.807) is 19.1 Å². The Hall–Kier alpha value is -2.65. The quantitative estimate of drug-likeness (QED) is 0.607. The maximum Gasteiger partial charge on any atom is 0.416 e. The van der Waals surface area contributed by atoms with Gasteiger partial charge in [-0.15, -0.1) is 0 Å². The molecule has 0 saturated carbocycles. The first-order chi connectivity index (χ1) is 13.6. The van der Waals surface area contributed by atoms with Gasteiger partial charge in [-0.05, 0) is 42.8 Å². The van der Waals surface area contributed by atoms with E-state index >= 15 is 0 Å². The number of rotatable bonds is 4. The maximum atomic E-state index is 13.1. The molecule has 3 rings (SSSR count). The molecule has 0 saturated heterocycles. The van der Waals surface area contributed by atoms with Crippen molar-refractivity contribution in [3.05, 3.63) is 63.4 Å². The Bertz CT molecular complexity index is 1170. The summed E-state index contributed by atoms with van der Waals surface area (Å²) in [5.41, 5.74) is -0.426. The molecule has 1 amide bonds. The van der Waals surface area contributed by atoms with Crippen LogP contribution < -0.4 is 4.80 Å². The number of nitrogens with zero attached hydrogens (tertiary/aromatic N) is 2. The van der Waals surface area contributed by atoms with Crippen molar-refractivity contribution in [3.8, 4) is 0 Å². The Balaban J connectivity index is 2.26. The molecule has 0 aliphatic heterocycles. The number of aromatic nitrogens is 1. The fourth-order valence-electron chi connectivity index (χ4n) is 2.84. The number of carbonyl (C=O) groups excluding carboxylic acids is 1. The van der Waals surface area contributed by atoms with Crippen LogP contribution in [0.4, 0.5) is 13.2 Å². The van der Waals surface area contributed by atoms with Crippen LogP contribution >= 0.6 is 22.9 Å². The summed E-state index contributed by atoms with van der Waals surface area (Å²) in [7, 11) is 0. The molecule has 0 bridgehead atoms. The molecule has 5 nitrogen and oxygen atoms in total. The number of carboxylic acid groups (broad SMARTS) is 1. The first-order valence-corrected chi connectivity index (χ1v) is 9.61. The van der Waals surface area contributed by atoms with E-state index in [1.807, 2.05) is 0 Å². The van der Waals surface area contributed by atoms with Gasteiger partial charge in [0.15, 0.2) is 4.80 Å². The Morgan fingerprint density at radius 2 is 1.97 bits per heavy atom. The molecule has 1 atom stereocenters. The van der Waals surface area contributed by atoms with Crippen LogP contribution in [0.3, 0.4) is 0 Å². The van der Waals surface area contributed by atoms with Crippen LogP contribution in [-0.2, 0) is 11.0 Å². The van der Waals surface area contributed by atoms with Crippen molar-refractivity contribution < 1.29 is 27.9 Å². The van der Waals surface area contributed by atoms with E-state index in [4.69, 9.17) is 11.6 Å². The van der Waals surface area contributed by atoms with E-state index in [-0.39, 0.29) is 27.0 Å². The van der Waals surface area contributed by atoms with E-state index in [0.717, 1.165) is 23.5 Å². The summed E-state index contributed by atoms with van der Waals surface area (Å²) in [5, 5.41) is 9.88. The normalized spacial score (nSPS) is 13.6. The van der Waals surface area contributed by atoms with E-state index in [0.29, 0.717) is 5.02 Å². The highest BCUT2D eigenvalue weighted by Crippen LogP contribution is 2.33. The number of benzene rings is 2. The van der Waals surface area contributed by atoms with Gasteiger partial charge in [0.25, 0.3) is 5.91 Å². The number of carbonyl (C=O) groups is 2. The molecule has 0 aliphatic rings. The van der Waals surface area contributed by atoms with Crippen molar-refractivity contribution in [2.75, 3.05) is 0 Å². The molecule has 1 aromatic heterocycles. The lowest BCUT2D eigenvalue weighted by Crippen LogP contribution is -2.27. The van der Waals surface area contributed by atoms with Crippen LogP contribution in [0, 0.1) is 0 Å². The van der Waals surface area contributed by atoms with Crippen LogP contribution in [0.15, 0.2) is 47.5 Å².